The Morgan fingerprint density at radius 1 is 1.25 bits per heavy atom. The molecule has 5 heteroatoms. The van der Waals surface area contributed by atoms with Crippen molar-refractivity contribution in [3.05, 3.63) is 41.2 Å². The van der Waals surface area contributed by atoms with E-state index >= 15 is 0 Å². The molecule has 0 bridgehead atoms. The van der Waals surface area contributed by atoms with Crippen LogP contribution in [-0.2, 0) is 6.54 Å². The molecule has 0 amide bonds. The molecule has 2 rings (SSSR count). The standard InChI is InChI=1S/C15H18ClN3O/c1-3-6-17-10-11-4-5-12(13(16)9-11)14-15(20-2)19-8-7-18-14/h4-5,7-9,17H,3,6,10H2,1-2H3. The number of methoxy groups -OCH3 is 1. The van der Waals surface area contributed by atoms with E-state index in [1.165, 1.54) is 0 Å². The summed E-state index contributed by atoms with van der Waals surface area (Å²) in [6.07, 6.45) is 4.34. The van der Waals surface area contributed by atoms with Crippen LogP contribution in [0.25, 0.3) is 11.3 Å². The highest BCUT2D eigenvalue weighted by Gasteiger charge is 2.12. The molecule has 1 aromatic carbocycles. The number of aromatic nitrogens is 2. The molecule has 1 heterocycles. The summed E-state index contributed by atoms with van der Waals surface area (Å²) in [5, 5.41) is 4.00. The molecule has 20 heavy (non-hydrogen) atoms. The van der Waals surface area contributed by atoms with Gasteiger partial charge >= 0.3 is 0 Å². The summed E-state index contributed by atoms with van der Waals surface area (Å²) >= 11 is 6.35. The van der Waals surface area contributed by atoms with Crippen molar-refractivity contribution in [2.45, 2.75) is 19.9 Å². The number of rotatable bonds is 6. The van der Waals surface area contributed by atoms with Crippen LogP contribution in [0.3, 0.4) is 0 Å². The lowest BCUT2D eigenvalue weighted by Gasteiger charge is -2.09. The number of ether oxygens (including phenoxy) is 1. The van der Waals surface area contributed by atoms with Gasteiger partial charge in [0.05, 0.1) is 12.1 Å². The van der Waals surface area contributed by atoms with Gasteiger partial charge in [0.2, 0.25) is 5.88 Å². The summed E-state index contributed by atoms with van der Waals surface area (Å²) in [7, 11) is 1.57. The van der Waals surface area contributed by atoms with Crippen LogP contribution in [-0.4, -0.2) is 23.6 Å². The first kappa shape index (κ1) is 14.8. The van der Waals surface area contributed by atoms with Crippen LogP contribution in [0.15, 0.2) is 30.6 Å². The molecule has 0 radical (unpaired) electrons. The van der Waals surface area contributed by atoms with Gasteiger partial charge in [0.1, 0.15) is 5.69 Å². The predicted molar refractivity (Wildman–Crippen MR) is 81.0 cm³/mol. The van der Waals surface area contributed by atoms with Crippen molar-refractivity contribution in [2.24, 2.45) is 0 Å². The number of hydrogen-bond donors (Lipinski definition) is 1. The number of nitrogens with one attached hydrogen (secondary N) is 1. The smallest absolute Gasteiger partial charge is 0.240 e. The molecule has 106 valence electrons. The Kier molecular flexibility index (Phi) is 5.32. The van der Waals surface area contributed by atoms with Crippen molar-refractivity contribution in [2.75, 3.05) is 13.7 Å². The van der Waals surface area contributed by atoms with Gasteiger partial charge in [-0.3, -0.25) is 0 Å². The maximum Gasteiger partial charge on any atom is 0.240 e. The second-order valence-electron chi connectivity index (χ2n) is 4.41. The fourth-order valence-electron chi connectivity index (χ4n) is 1.93. The Balaban J connectivity index is 2.25. The molecule has 0 aliphatic rings. The van der Waals surface area contributed by atoms with E-state index in [-0.39, 0.29) is 0 Å². The molecule has 2 aromatic rings. The summed E-state index contributed by atoms with van der Waals surface area (Å²) < 4.78 is 5.22. The summed E-state index contributed by atoms with van der Waals surface area (Å²) in [5.74, 6) is 0.478. The fraction of sp³-hybridized carbons (Fsp3) is 0.333. The molecule has 0 spiro atoms. The first-order chi connectivity index (χ1) is 9.76. The van der Waals surface area contributed by atoms with Gasteiger partial charge < -0.3 is 10.1 Å². The third kappa shape index (κ3) is 3.46. The molecule has 1 N–H and O–H groups in total. The van der Waals surface area contributed by atoms with Gasteiger partial charge in [-0.25, -0.2) is 9.97 Å². The van der Waals surface area contributed by atoms with Crippen molar-refractivity contribution in [1.82, 2.24) is 15.3 Å². The minimum atomic E-state index is 0.478. The molecule has 0 atom stereocenters. The maximum absolute atomic E-state index is 6.35. The van der Waals surface area contributed by atoms with Gasteiger partial charge in [0, 0.05) is 24.5 Å². The average Bonchev–Trinajstić information content (AvgIpc) is 2.48. The first-order valence-corrected chi connectivity index (χ1v) is 6.98. The Hall–Kier alpha value is -1.65. The van der Waals surface area contributed by atoms with Crippen LogP contribution in [0, 0.1) is 0 Å². The number of hydrogen-bond acceptors (Lipinski definition) is 4. The molecular weight excluding hydrogens is 274 g/mol. The van der Waals surface area contributed by atoms with E-state index in [1.54, 1.807) is 19.5 Å². The lowest BCUT2D eigenvalue weighted by atomic mass is 10.1. The van der Waals surface area contributed by atoms with Crippen LogP contribution in [0.2, 0.25) is 5.02 Å². The van der Waals surface area contributed by atoms with Crippen molar-refractivity contribution in [3.8, 4) is 17.1 Å². The van der Waals surface area contributed by atoms with E-state index in [2.05, 4.69) is 22.2 Å². The topological polar surface area (TPSA) is 47.0 Å². The lowest BCUT2D eigenvalue weighted by Crippen LogP contribution is -2.13. The zero-order valence-corrected chi connectivity index (χ0v) is 12.4. The van der Waals surface area contributed by atoms with E-state index in [9.17, 15) is 0 Å². The van der Waals surface area contributed by atoms with E-state index in [4.69, 9.17) is 16.3 Å². The summed E-state index contributed by atoms with van der Waals surface area (Å²) in [6.45, 7) is 3.95. The van der Waals surface area contributed by atoms with Gasteiger partial charge in [-0.15, -0.1) is 0 Å². The van der Waals surface area contributed by atoms with Crippen molar-refractivity contribution >= 4 is 11.6 Å². The van der Waals surface area contributed by atoms with Gasteiger partial charge in [-0.1, -0.05) is 30.7 Å². The zero-order chi connectivity index (χ0) is 14.4. The predicted octanol–water partition coefficient (Wildman–Crippen LogP) is 3.31. The number of nitrogens with zero attached hydrogens (tertiary/aromatic N) is 2. The Morgan fingerprint density at radius 3 is 2.75 bits per heavy atom. The molecule has 0 aliphatic carbocycles. The number of benzene rings is 1. The summed E-state index contributed by atoms with van der Waals surface area (Å²) in [6, 6.07) is 5.95. The highest BCUT2D eigenvalue weighted by atomic mass is 35.5. The molecule has 1 aromatic heterocycles. The minimum Gasteiger partial charge on any atom is -0.479 e. The zero-order valence-electron chi connectivity index (χ0n) is 11.7. The molecule has 0 unspecified atom stereocenters. The van der Waals surface area contributed by atoms with Gasteiger partial charge in [0.15, 0.2) is 0 Å². The number of halogens is 1. The maximum atomic E-state index is 6.35. The van der Waals surface area contributed by atoms with Gasteiger partial charge in [-0.05, 0) is 24.6 Å². The third-order valence-electron chi connectivity index (χ3n) is 2.90. The summed E-state index contributed by atoms with van der Waals surface area (Å²) in [4.78, 5) is 8.44. The van der Waals surface area contributed by atoms with E-state index in [0.29, 0.717) is 16.6 Å². The van der Waals surface area contributed by atoms with Crippen LogP contribution < -0.4 is 10.1 Å². The van der Waals surface area contributed by atoms with Crippen molar-refractivity contribution < 1.29 is 4.74 Å². The second kappa shape index (κ2) is 7.22. The van der Waals surface area contributed by atoms with Crippen molar-refractivity contribution in [3.63, 3.8) is 0 Å². The van der Waals surface area contributed by atoms with E-state index in [1.807, 2.05) is 18.2 Å². The van der Waals surface area contributed by atoms with Gasteiger partial charge in [0.25, 0.3) is 0 Å². The monoisotopic (exact) mass is 291 g/mol. The molecule has 0 saturated carbocycles. The third-order valence-corrected chi connectivity index (χ3v) is 3.22. The van der Waals surface area contributed by atoms with Gasteiger partial charge in [-0.2, -0.15) is 0 Å². The Morgan fingerprint density at radius 2 is 2.05 bits per heavy atom. The molecule has 0 aliphatic heterocycles. The van der Waals surface area contributed by atoms with E-state index in [0.717, 1.165) is 30.6 Å². The highest BCUT2D eigenvalue weighted by Crippen LogP contribution is 2.32. The fourth-order valence-corrected chi connectivity index (χ4v) is 2.22. The second-order valence-corrected chi connectivity index (χ2v) is 4.81. The Labute approximate surface area is 124 Å². The molecule has 0 fully saturated rings. The van der Waals surface area contributed by atoms with Crippen molar-refractivity contribution in [1.29, 1.82) is 0 Å². The van der Waals surface area contributed by atoms with Crippen LogP contribution in [0.4, 0.5) is 0 Å². The quantitative estimate of drug-likeness (QED) is 0.830. The minimum absolute atomic E-state index is 0.478. The lowest BCUT2D eigenvalue weighted by molar-refractivity contribution is 0.398. The normalized spacial score (nSPS) is 10.6. The summed E-state index contributed by atoms with van der Waals surface area (Å²) in [5.41, 5.74) is 2.64. The average molecular weight is 292 g/mol. The molecule has 0 saturated heterocycles. The Bertz CT molecular complexity index is 575. The molecule has 4 nitrogen and oxygen atoms in total. The first-order valence-electron chi connectivity index (χ1n) is 6.60. The highest BCUT2D eigenvalue weighted by molar-refractivity contribution is 6.33. The van der Waals surface area contributed by atoms with Crippen LogP contribution >= 0.6 is 11.6 Å². The van der Waals surface area contributed by atoms with E-state index < -0.39 is 0 Å². The SMILES string of the molecule is CCCNCc1ccc(-c2nccnc2OC)c(Cl)c1. The van der Waals surface area contributed by atoms with Crippen LogP contribution in [0.1, 0.15) is 18.9 Å². The molecular formula is C15H18ClN3O. The largest absolute Gasteiger partial charge is 0.479 e. The van der Waals surface area contributed by atoms with Crippen LogP contribution in [0.5, 0.6) is 5.88 Å².